The van der Waals surface area contributed by atoms with Crippen LogP contribution in [0.4, 0.5) is 0 Å². The molecular weight excluding hydrogens is 348 g/mol. The Morgan fingerprint density at radius 1 is 1.11 bits per heavy atom. The van der Waals surface area contributed by atoms with Crippen LogP contribution in [0.3, 0.4) is 0 Å². The molecule has 0 heterocycles. The highest BCUT2D eigenvalue weighted by Crippen LogP contribution is 2.31. The summed E-state index contributed by atoms with van der Waals surface area (Å²) in [5.41, 5.74) is -0.0270. The molecule has 2 rings (SSSR count). The number of aliphatic hydroxyl groups excluding tert-OH is 1. The number of aromatic hydroxyl groups is 2. The SMILES string of the molecule is CCCCCCCCOC1(O)C=CC(C(=O)c2ccc(O)cc2O)C(O)=C1. The molecule has 2 unspecified atom stereocenters. The van der Waals surface area contributed by atoms with Gasteiger partial charge in [-0.3, -0.25) is 4.79 Å². The van der Waals surface area contributed by atoms with Crippen LogP contribution in [0.25, 0.3) is 0 Å². The summed E-state index contributed by atoms with van der Waals surface area (Å²) in [6.07, 6.45) is 10.3. The zero-order valence-corrected chi connectivity index (χ0v) is 15.6. The maximum Gasteiger partial charge on any atom is 0.209 e. The van der Waals surface area contributed by atoms with E-state index in [0.717, 1.165) is 31.4 Å². The van der Waals surface area contributed by atoms with E-state index in [9.17, 15) is 25.2 Å². The number of carbonyl (C=O) groups excluding carboxylic acids is 1. The van der Waals surface area contributed by atoms with E-state index >= 15 is 0 Å². The molecule has 4 N–H and O–H groups in total. The third-order valence-corrected chi connectivity index (χ3v) is 4.56. The first-order valence-corrected chi connectivity index (χ1v) is 9.40. The largest absolute Gasteiger partial charge is 0.511 e. The lowest BCUT2D eigenvalue weighted by Crippen LogP contribution is -2.33. The molecule has 27 heavy (non-hydrogen) atoms. The minimum absolute atomic E-state index is 0.0270. The summed E-state index contributed by atoms with van der Waals surface area (Å²) in [7, 11) is 0. The van der Waals surface area contributed by atoms with Gasteiger partial charge in [-0.2, -0.15) is 0 Å². The summed E-state index contributed by atoms with van der Waals surface area (Å²) < 4.78 is 5.46. The number of phenolic OH excluding ortho intramolecular Hbond substituents is 2. The molecule has 1 aliphatic rings. The molecule has 1 aromatic carbocycles. The van der Waals surface area contributed by atoms with Gasteiger partial charge in [0, 0.05) is 12.1 Å². The Morgan fingerprint density at radius 3 is 2.48 bits per heavy atom. The lowest BCUT2D eigenvalue weighted by molar-refractivity contribution is -0.134. The van der Waals surface area contributed by atoms with E-state index in [1.165, 1.54) is 43.5 Å². The van der Waals surface area contributed by atoms with Gasteiger partial charge in [0.2, 0.25) is 5.79 Å². The third-order valence-electron chi connectivity index (χ3n) is 4.56. The van der Waals surface area contributed by atoms with Crippen molar-refractivity contribution in [3.05, 3.63) is 47.7 Å². The average Bonchev–Trinajstić information content (AvgIpc) is 2.60. The molecule has 1 aliphatic carbocycles. The van der Waals surface area contributed by atoms with E-state index in [0.29, 0.717) is 6.61 Å². The minimum Gasteiger partial charge on any atom is -0.511 e. The first kappa shape index (κ1) is 21.0. The highest BCUT2D eigenvalue weighted by atomic mass is 16.6. The number of ether oxygens (including phenoxy) is 1. The van der Waals surface area contributed by atoms with Crippen molar-refractivity contribution in [2.45, 2.75) is 51.2 Å². The number of carbonyl (C=O) groups is 1. The maximum atomic E-state index is 12.5. The highest BCUT2D eigenvalue weighted by molar-refractivity contribution is 6.02. The van der Waals surface area contributed by atoms with Crippen molar-refractivity contribution in [3.63, 3.8) is 0 Å². The highest BCUT2D eigenvalue weighted by Gasteiger charge is 2.33. The lowest BCUT2D eigenvalue weighted by Gasteiger charge is -2.27. The van der Waals surface area contributed by atoms with Crippen molar-refractivity contribution in [1.29, 1.82) is 0 Å². The van der Waals surface area contributed by atoms with Gasteiger partial charge in [0.1, 0.15) is 17.3 Å². The van der Waals surface area contributed by atoms with Crippen LogP contribution in [-0.4, -0.2) is 38.6 Å². The van der Waals surface area contributed by atoms with E-state index in [1.807, 2.05) is 0 Å². The Bertz CT molecular complexity index is 709. The van der Waals surface area contributed by atoms with Gasteiger partial charge in [0.25, 0.3) is 0 Å². The summed E-state index contributed by atoms with van der Waals surface area (Å²) in [4.78, 5) is 12.5. The Morgan fingerprint density at radius 2 is 1.81 bits per heavy atom. The van der Waals surface area contributed by atoms with Gasteiger partial charge < -0.3 is 25.2 Å². The van der Waals surface area contributed by atoms with Crippen LogP contribution >= 0.6 is 0 Å². The molecule has 0 saturated carbocycles. The lowest BCUT2D eigenvalue weighted by atomic mass is 9.90. The molecule has 148 valence electrons. The second kappa shape index (κ2) is 9.58. The van der Waals surface area contributed by atoms with Crippen LogP contribution in [0.15, 0.2) is 42.2 Å². The van der Waals surface area contributed by atoms with Gasteiger partial charge in [-0.15, -0.1) is 0 Å². The van der Waals surface area contributed by atoms with Gasteiger partial charge in [0.15, 0.2) is 5.78 Å². The zero-order chi connectivity index (χ0) is 19.9. The smallest absolute Gasteiger partial charge is 0.209 e. The molecule has 6 nitrogen and oxygen atoms in total. The number of aliphatic hydroxyl groups is 2. The Balaban J connectivity index is 1.92. The van der Waals surface area contributed by atoms with Crippen LogP contribution in [0, 0.1) is 5.92 Å². The average molecular weight is 376 g/mol. The van der Waals surface area contributed by atoms with E-state index < -0.39 is 17.5 Å². The first-order valence-electron chi connectivity index (χ1n) is 9.40. The number of hydrogen-bond acceptors (Lipinski definition) is 6. The number of unbranched alkanes of at least 4 members (excludes halogenated alkanes) is 5. The summed E-state index contributed by atoms with van der Waals surface area (Å²) in [5.74, 6) is -4.21. The van der Waals surface area contributed by atoms with Gasteiger partial charge in [-0.25, -0.2) is 0 Å². The number of rotatable bonds is 10. The predicted molar refractivity (Wildman–Crippen MR) is 102 cm³/mol. The Hall–Kier alpha value is -2.31. The fraction of sp³-hybridized carbons (Fsp3) is 0.476. The topological polar surface area (TPSA) is 107 Å². The third kappa shape index (κ3) is 5.84. The number of Topliss-reactive ketones (excluding diaryl/α,β-unsaturated/α-hetero) is 1. The van der Waals surface area contributed by atoms with Crippen molar-refractivity contribution in [1.82, 2.24) is 0 Å². The van der Waals surface area contributed by atoms with Crippen LogP contribution < -0.4 is 0 Å². The van der Waals surface area contributed by atoms with E-state index in [4.69, 9.17) is 4.74 Å². The van der Waals surface area contributed by atoms with Crippen molar-refractivity contribution in [2.75, 3.05) is 6.61 Å². The molecule has 6 heteroatoms. The van der Waals surface area contributed by atoms with Crippen molar-refractivity contribution in [3.8, 4) is 11.5 Å². The molecule has 2 atom stereocenters. The van der Waals surface area contributed by atoms with E-state index in [-0.39, 0.29) is 22.8 Å². The number of benzene rings is 1. The number of ketones is 1. The number of hydrogen-bond donors (Lipinski definition) is 4. The number of phenols is 2. The molecule has 0 bridgehead atoms. The van der Waals surface area contributed by atoms with Crippen LogP contribution in [-0.2, 0) is 4.74 Å². The molecule has 1 aromatic rings. The maximum absolute atomic E-state index is 12.5. The molecule has 0 saturated heterocycles. The molecule has 0 fully saturated rings. The van der Waals surface area contributed by atoms with Crippen LogP contribution in [0.1, 0.15) is 55.8 Å². The van der Waals surface area contributed by atoms with Gasteiger partial charge in [0.05, 0.1) is 18.1 Å². The molecule has 0 spiro atoms. The summed E-state index contributed by atoms with van der Waals surface area (Å²) in [6, 6.07) is 3.62. The number of allylic oxidation sites excluding steroid dienone is 1. The summed E-state index contributed by atoms with van der Waals surface area (Å²) >= 11 is 0. The fourth-order valence-corrected chi connectivity index (χ4v) is 3.01. The summed E-state index contributed by atoms with van der Waals surface area (Å²) in [6.45, 7) is 2.50. The molecule has 0 radical (unpaired) electrons. The van der Waals surface area contributed by atoms with Crippen molar-refractivity contribution < 1.29 is 30.0 Å². The summed E-state index contributed by atoms with van der Waals surface area (Å²) in [5, 5.41) is 39.7. The second-order valence-corrected chi connectivity index (χ2v) is 6.84. The van der Waals surface area contributed by atoms with Gasteiger partial charge in [-0.05, 0) is 24.6 Å². The fourth-order valence-electron chi connectivity index (χ4n) is 3.01. The van der Waals surface area contributed by atoms with Gasteiger partial charge >= 0.3 is 0 Å². The molecule has 0 aromatic heterocycles. The Kier molecular flexibility index (Phi) is 7.45. The van der Waals surface area contributed by atoms with Crippen molar-refractivity contribution in [2.24, 2.45) is 5.92 Å². The van der Waals surface area contributed by atoms with E-state index in [2.05, 4.69) is 6.92 Å². The Labute approximate surface area is 159 Å². The normalized spacial score (nSPS) is 21.9. The first-order chi connectivity index (χ1) is 12.9. The minimum atomic E-state index is -1.75. The quantitative estimate of drug-likeness (QED) is 0.213. The van der Waals surface area contributed by atoms with Crippen LogP contribution in [0.2, 0.25) is 0 Å². The second-order valence-electron chi connectivity index (χ2n) is 6.84. The monoisotopic (exact) mass is 376 g/mol. The molecule has 0 aliphatic heterocycles. The van der Waals surface area contributed by atoms with Crippen molar-refractivity contribution >= 4 is 5.78 Å². The van der Waals surface area contributed by atoms with Gasteiger partial charge in [-0.1, -0.05) is 45.1 Å². The molecular formula is C21H28O6. The molecule has 0 amide bonds. The zero-order valence-electron chi connectivity index (χ0n) is 15.6. The van der Waals surface area contributed by atoms with E-state index in [1.54, 1.807) is 0 Å². The predicted octanol–water partition coefficient (Wildman–Crippen LogP) is 3.97. The standard InChI is InChI=1S/C21H28O6/c1-2-3-4-5-6-7-12-27-21(26)11-10-17(19(24)14-21)20(25)16-9-8-15(22)13-18(16)23/h8-11,13-14,17,22-24,26H,2-7,12H2,1H3. The van der Waals surface area contributed by atoms with Crippen LogP contribution in [0.5, 0.6) is 11.5 Å².